The second kappa shape index (κ2) is 4.91. The highest BCUT2D eigenvalue weighted by Gasteiger charge is 2.34. The lowest BCUT2D eigenvalue weighted by molar-refractivity contribution is -0.137. The summed E-state index contributed by atoms with van der Waals surface area (Å²) < 4.78 is 5.76. The van der Waals surface area contributed by atoms with Crippen molar-refractivity contribution in [3.05, 3.63) is 53.6 Å². The molecule has 0 bridgehead atoms. The summed E-state index contributed by atoms with van der Waals surface area (Å²) >= 11 is 0.948. The number of carboxylic acid groups (broad SMARTS) is 1. The number of hydrogen-bond donors (Lipinski definition) is 1. The molecule has 1 atom stereocenters. The highest BCUT2D eigenvalue weighted by atomic mass is 32.2. The largest absolute Gasteiger partial charge is 0.481 e. The van der Waals surface area contributed by atoms with Gasteiger partial charge in [0.1, 0.15) is 22.8 Å². The zero-order valence-electron chi connectivity index (χ0n) is 10.2. The first kappa shape index (κ1) is 12.6. The summed E-state index contributed by atoms with van der Waals surface area (Å²) in [6, 6.07) is 12.3. The number of nitrogens with zero attached hydrogens (tertiary/aromatic N) is 1. The second-order valence-electron chi connectivity index (χ2n) is 4.27. The van der Waals surface area contributed by atoms with Gasteiger partial charge in [0.05, 0.1) is 0 Å². The van der Waals surface area contributed by atoms with Gasteiger partial charge >= 0.3 is 5.97 Å². The van der Waals surface area contributed by atoms with Crippen LogP contribution in [0.3, 0.4) is 0 Å². The molecule has 98 valence electrons. The molecule has 0 aliphatic carbocycles. The van der Waals surface area contributed by atoms with Crippen molar-refractivity contribution >= 4 is 17.7 Å². The van der Waals surface area contributed by atoms with Crippen LogP contribution >= 0.6 is 11.8 Å². The lowest BCUT2D eigenvalue weighted by atomic mass is 9.88. The van der Waals surface area contributed by atoms with Gasteiger partial charge in [-0.25, -0.2) is 0 Å². The number of hydrogen-bond acceptors (Lipinski definition) is 4. The standard InChI is InChI=1S/C15H9NO3S/c16-8-20-12-7-3-6-11-14(12)13(15(17)18)9-4-1-2-5-10(9)19-11/h1-7,13H,(H,17,18). The third-order valence-electron chi connectivity index (χ3n) is 3.17. The van der Waals surface area contributed by atoms with Crippen molar-refractivity contribution in [3.63, 3.8) is 0 Å². The van der Waals surface area contributed by atoms with Crippen molar-refractivity contribution in [2.45, 2.75) is 10.8 Å². The molecule has 0 spiro atoms. The van der Waals surface area contributed by atoms with Crippen molar-refractivity contribution in [1.82, 2.24) is 0 Å². The molecule has 0 saturated carbocycles. The lowest BCUT2D eigenvalue weighted by Crippen LogP contribution is -2.19. The molecule has 1 unspecified atom stereocenters. The first-order valence-electron chi connectivity index (χ1n) is 5.91. The van der Waals surface area contributed by atoms with Crippen molar-refractivity contribution in [3.8, 4) is 16.9 Å². The van der Waals surface area contributed by atoms with Gasteiger partial charge in [0.15, 0.2) is 0 Å². The molecule has 0 fully saturated rings. The van der Waals surface area contributed by atoms with E-state index in [1.165, 1.54) is 0 Å². The number of para-hydroxylation sites is 1. The molecule has 1 heterocycles. The van der Waals surface area contributed by atoms with Crippen LogP contribution < -0.4 is 4.74 Å². The smallest absolute Gasteiger partial charge is 0.315 e. The van der Waals surface area contributed by atoms with Crippen LogP contribution in [0, 0.1) is 10.7 Å². The van der Waals surface area contributed by atoms with Gasteiger partial charge in [0, 0.05) is 16.0 Å². The van der Waals surface area contributed by atoms with Crippen molar-refractivity contribution < 1.29 is 14.6 Å². The van der Waals surface area contributed by atoms with Crippen molar-refractivity contribution in [2.75, 3.05) is 0 Å². The number of rotatable bonds is 2. The number of thioether (sulfide) groups is 1. The number of carboxylic acids is 1. The maximum absolute atomic E-state index is 11.7. The van der Waals surface area contributed by atoms with Crippen LogP contribution in [-0.4, -0.2) is 11.1 Å². The number of nitriles is 1. The first-order valence-corrected chi connectivity index (χ1v) is 6.72. The van der Waals surface area contributed by atoms with E-state index < -0.39 is 11.9 Å². The molecule has 2 aromatic carbocycles. The Morgan fingerprint density at radius 1 is 1.20 bits per heavy atom. The maximum atomic E-state index is 11.7. The molecular formula is C15H9NO3S. The van der Waals surface area contributed by atoms with E-state index >= 15 is 0 Å². The van der Waals surface area contributed by atoms with E-state index in [1.807, 2.05) is 5.40 Å². The molecule has 0 radical (unpaired) electrons. The Kier molecular flexibility index (Phi) is 3.09. The minimum absolute atomic E-state index is 0.497. The Bertz CT molecular complexity index is 736. The van der Waals surface area contributed by atoms with Crippen LogP contribution in [0.15, 0.2) is 47.4 Å². The van der Waals surface area contributed by atoms with Gasteiger partial charge in [-0.15, -0.1) is 0 Å². The van der Waals surface area contributed by atoms with Crippen LogP contribution in [0.4, 0.5) is 0 Å². The van der Waals surface area contributed by atoms with Crippen LogP contribution in [0.5, 0.6) is 11.5 Å². The average molecular weight is 283 g/mol. The summed E-state index contributed by atoms with van der Waals surface area (Å²) in [5, 5.41) is 20.4. The van der Waals surface area contributed by atoms with Crippen LogP contribution in [-0.2, 0) is 4.79 Å². The summed E-state index contributed by atoms with van der Waals surface area (Å²) in [5.74, 6) is -0.720. The molecule has 1 aliphatic rings. The molecule has 0 aromatic heterocycles. The monoisotopic (exact) mass is 283 g/mol. The second-order valence-corrected chi connectivity index (χ2v) is 5.10. The number of aliphatic carboxylic acids is 1. The van der Waals surface area contributed by atoms with Crippen LogP contribution in [0.2, 0.25) is 0 Å². The Morgan fingerprint density at radius 3 is 2.70 bits per heavy atom. The van der Waals surface area contributed by atoms with Gasteiger partial charge in [-0.2, -0.15) is 5.26 Å². The lowest BCUT2D eigenvalue weighted by Gasteiger charge is -2.26. The summed E-state index contributed by atoms with van der Waals surface area (Å²) in [5.41, 5.74) is 1.16. The fraction of sp³-hybridized carbons (Fsp3) is 0.0667. The highest BCUT2D eigenvalue weighted by Crippen LogP contribution is 2.47. The van der Waals surface area contributed by atoms with E-state index in [9.17, 15) is 9.90 Å². The molecule has 0 amide bonds. The van der Waals surface area contributed by atoms with E-state index in [0.29, 0.717) is 27.5 Å². The molecule has 3 rings (SSSR count). The Balaban J connectivity index is 2.25. The number of thiocyanates is 1. The average Bonchev–Trinajstić information content (AvgIpc) is 2.45. The molecule has 1 N–H and O–H groups in total. The highest BCUT2D eigenvalue weighted by molar-refractivity contribution is 8.03. The molecule has 2 aromatic rings. The summed E-state index contributed by atoms with van der Waals surface area (Å²) in [6.07, 6.45) is 0. The van der Waals surface area contributed by atoms with E-state index in [2.05, 4.69) is 0 Å². The Hall–Kier alpha value is -2.45. The quantitative estimate of drug-likeness (QED) is 0.673. The summed E-state index contributed by atoms with van der Waals surface area (Å²) in [7, 11) is 0. The van der Waals surface area contributed by atoms with Gasteiger partial charge in [-0.05, 0) is 30.0 Å². The SMILES string of the molecule is N#CSc1cccc2c1C(C(=O)O)c1ccccc1O2. The van der Waals surface area contributed by atoms with Crippen LogP contribution in [0.25, 0.3) is 0 Å². The minimum Gasteiger partial charge on any atom is -0.481 e. The zero-order valence-corrected chi connectivity index (χ0v) is 11.1. The normalized spacial score (nSPS) is 15.4. The third-order valence-corrected chi connectivity index (χ3v) is 3.83. The Morgan fingerprint density at radius 2 is 1.95 bits per heavy atom. The predicted molar refractivity (Wildman–Crippen MR) is 73.9 cm³/mol. The predicted octanol–water partition coefficient (Wildman–Crippen LogP) is 3.58. The van der Waals surface area contributed by atoms with Crippen molar-refractivity contribution in [1.29, 1.82) is 5.26 Å². The fourth-order valence-electron chi connectivity index (χ4n) is 2.38. The number of benzene rings is 2. The summed E-state index contributed by atoms with van der Waals surface area (Å²) in [6.45, 7) is 0. The zero-order chi connectivity index (χ0) is 14.1. The van der Waals surface area contributed by atoms with E-state index in [4.69, 9.17) is 10.00 Å². The van der Waals surface area contributed by atoms with E-state index in [1.54, 1.807) is 42.5 Å². The molecule has 20 heavy (non-hydrogen) atoms. The first-order chi connectivity index (χ1) is 9.72. The summed E-state index contributed by atoms with van der Waals surface area (Å²) in [4.78, 5) is 12.3. The number of ether oxygens (including phenoxy) is 1. The molecule has 5 heteroatoms. The van der Waals surface area contributed by atoms with Gasteiger partial charge in [0.2, 0.25) is 0 Å². The molecule has 1 aliphatic heterocycles. The number of carbonyl (C=O) groups is 1. The topological polar surface area (TPSA) is 70.3 Å². The molecular weight excluding hydrogens is 274 g/mol. The van der Waals surface area contributed by atoms with Gasteiger partial charge < -0.3 is 9.84 Å². The Labute approximate surface area is 119 Å². The molecule has 4 nitrogen and oxygen atoms in total. The van der Waals surface area contributed by atoms with Gasteiger partial charge in [-0.1, -0.05) is 24.3 Å². The van der Waals surface area contributed by atoms with E-state index in [0.717, 1.165) is 11.8 Å². The molecule has 0 saturated heterocycles. The van der Waals surface area contributed by atoms with E-state index in [-0.39, 0.29) is 0 Å². The third kappa shape index (κ3) is 1.91. The fourth-order valence-corrected chi connectivity index (χ4v) is 2.95. The van der Waals surface area contributed by atoms with Crippen LogP contribution in [0.1, 0.15) is 17.0 Å². The minimum atomic E-state index is -0.951. The van der Waals surface area contributed by atoms with Gasteiger partial charge in [-0.3, -0.25) is 4.79 Å². The van der Waals surface area contributed by atoms with Crippen molar-refractivity contribution in [2.24, 2.45) is 0 Å². The maximum Gasteiger partial charge on any atom is 0.315 e. The van der Waals surface area contributed by atoms with Gasteiger partial charge in [0.25, 0.3) is 0 Å². The number of fused-ring (bicyclic) bond motifs is 2.